The van der Waals surface area contributed by atoms with E-state index in [0.29, 0.717) is 0 Å². The van der Waals surface area contributed by atoms with Crippen molar-refractivity contribution in [3.63, 3.8) is 0 Å². The van der Waals surface area contributed by atoms with Crippen LogP contribution in [0.25, 0.3) is 0 Å². The number of ether oxygens (including phenoxy) is 15. The van der Waals surface area contributed by atoms with Gasteiger partial charge in [0.1, 0.15) is 86.5 Å². The second kappa shape index (κ2) is 31.0. The molecule has 85 heavy (non-hydrogen) atoms. The SMILES string of the molecule is C/C=C1/[C@H](O[C@@H]2O[C@H](CO)[C@@H](O)[C@H](O)[C@H]2O)OC=C(C(=O)OC)[C@H]1CC(=O)OC/C=C1/[C@H](O[C@@H]2O[C@H](CO)[C@@H](O)[C@H](O)[C@H]2O)OC=C(C(=O)OC)[C@H]1CC(=O)OC/C=C1\[C@H](O[C@@H]2O[C@H](CO)[C@@H](O)[C@H](O)[C@H]2O)OC=C(C(=O)OC)[C@H]1CC(=O)OC. The monoisotopic (exact) mass is 1220 g/mol. The number of carbonyl (C=O) groups is 6. The quantitative estimate of drug-likeness (QED) is 0.0273. The van der Waals surface area contributed by atoms with Gasteiger partial charge in [0, 0.05) is 34.5 Å². The highest BCUT2D eigenvalue weighted by molar-refractivity contribution is 5.92. The summed E-state index contributed by atoms with van der Waals surface area (Å²) in [6, 6.07) is 0. The van der Waals surface area contributed by atoms with Crippen LogP contribution in [0.15, 0.2) is 70.5 Å². The van der Waals surface area contributed by atoms with Crippen LogP contribution in [0, 0.1) is 17.8 Å². The molecule has 6 rings (SSSR count). The minimum absolute atomic E-state index is 0.0538. The Labute approximate surface area is 482 Å². The Morgan fingerprint density at radius 2 is 0.718 bits per heavy atom. The molecule has 0 aliphatic carbocycles. The van der Waals surface area contributed by atoms with Crippen LogP contribution >= 0.6 is 0 Å². The predicted molar refractivity (Wildman–Crippen MR) is 268 cm³/mol. The smallest absolute Gasteiger partial charge is 0.337 e. The first-order chi connectivity index (χ1) is 40.5. The molecule has 33 heteroatoms. The van der Waals surface area contributed by atoms with Crippen LogP contribution in [0.2, 0.25) is 0 Å². The van der Waals surface area contributed by atoms with Gasteiger partial charge in [-0.15, -0.1) is 0 Å². The van der Waals surface area contributed by atoms with Crippen LogP contribution < -0.4 is 0 Å². The predicted octanol–water partition coefficient (Wildman–Crippen LogP) is -6.25. The maximum Gasteiger partial charge on any atom is 0.337 e. The van der Waals surface area contributed by atoms with Gasteiger partial charge in [0.25, 0.3) is 0 Å². The molecule has 6 heterocycles. The van der Waals surface area contributed by atoms with Gasteiger partial charge in [-0.05, 0) is 19.1 Å². The maximum atomic E-state index is 14.1. The highest BCUT2D eigenvalue weighted by atomic mass is 16.8. The number of esters is 6. The number of carbonyl (C=O) groups excluding carboxylic acids is 6. The minimum Gasteiger partial charge on any atom is -0.469 e. The van der Waals surface area contributed by atoms with E-state index in [-0.39, 0.29) is 27.9 Å². The van der Waals surface area contributed by atoms with Gasteiger partial charge in [-0.3, -0.25) is 14.4 Å². The van der Waals surface area contributed by atoms with Crippen molar-refractivity contribution in [1.82, 2.24) is 0 Å². The fourth-order valence-electron chi connectivity index (χ4n) is 9.74. The van der Waals surface area contributed by atoms with E-state index in [0.717, 1.165) is 59.4 Å². The fourth-order valence-corrected chi connectivity index (χ4v) is 9.74. The molecule has 0 aromatic carbocycles. The average molecular weight is 1220 g/mol. The number of hydrogen-bond acceptors (Lipinski definition) is 33. The topological polar surface area (TPSA) is 484 Å². The van der Waals surface area contributed by atoms with E-state index < -0.39 is 222 Å². The number of aliphatic hydroxyl groups is 12. The number of methoxy groups -OCH3 is 4. The third-order valence-corrected chi connectivity index (χ3v) is 14.5. The molecule has 0 aromatic heterocycles. The molecule has 6 aliphatic heterocycles. The van der Waals surface area contributed by atoms with Crippen molar-refractivity contribution >= 4 is 35.8 Å². The number of aliphatic hydroxyl groups excluding tert-OH is 12. The molecule has 476 valence electrons. The molecule has 0 aromatic rings. The molecule has 33 nitrogen and oxygen atoms in total. The summed E-state index contributed by atoms with van der Waals surface area (Å²) >= 11 is 0. The zero-order chi connectivity index (χ0) is 62.6. The van der Waals surface area contributed by atoms with Crippen molar-refractivity contribution < 1.29 is 161 Å². The summed E-state index contributed by atoms with van der Waals surface area (Å²) in [5, 5.41) is 124. The average Bonchev–Trinajstić information content (AvgIpc) is 3.64. The second-order valence-corrected chi connectivity index (χ2v) is 19.5. The van der Waals surface area contributed by atoms with Crippen LogP contribution in [0.4, 0.5) is 0 Å². The molecule has 0 spiro atoms. The molecule has 3 fully saturated rings. The first-order valence-electron chi connectivity index (χ1n) is 26.2. The summed E-state index contributed by atoms with van der Waals surface area (Å²) in [6.45, 7) is -2.60. The molecule has 6 aliphatic rings. The molecule has 0 bridgehead atoms. The number of hydrogen-bond donors (Lipinski definition) is 12. The lowest BCUT2D eigenvalue weighted by Gasteiger charge is -2.42. The van der Waals surface area contributed by atoms with E-state index in [9.17, 15) is 90.0 Å². The number of allylic oxidation sites excluding steroid dienone is 1. The maximum absolute atomic E-state index is 14.1. The molecular formula is C52H70O33. The summed E-state index contributed by atoms with van der Waals surface area (Å²) in [7, 11) is 4.10. The van der Waals surface area contributed by atoms with Crippen LogP contribution in [-0.2, 0) is 99.8 Å². The zero-order valence-electron chi connectivity index (χ0n) is 46.2. The Kier molecular flexibility index (Phi) is 24.8. The summed E-state index contributed by atoms with van der Waals surface area (Å²) < 4.78 is 81.9. The van der Waals surface area contributed by atoms with Crippen molar-refractivity contribution in [3.8, 4) is 0 Å². The summed E-state index contributed by atoms with van der Waals surface area (Å²) in [4.78, 5) is 80.4. The van der Waals surface area contributed by atoms with E-state index >= 15 is 0 Å². The highest BCUT2D eigenvalue weighted by Crippen LogP contribution is 2.40. The van der Waals surface area contributed by atoms with Gasteiger partial charge >= 0.3 is 35.8 Å². The summed E-state index contributed by atoms with van der Waals surface area (Å²) in [6.07, 6.45) is -27.9. The Morgan fingerprint density at radius 3 is 1.00 bits per heavy atom. The van der Waals surface area contributed by atoms with Crippen molar-refractivity contribution in [2.24, 2.45) is 17.8 Å². The van der Waals surface area contributed by atoms with Crippen LogP contribution in [-0.4, -0.2) is 270 Å². The second-order valence-electron chi connectivity index (χ2n) is 19.5. The van der Waals surface area contributed by atoms with Crippen molar-refractivity contribution in [3.05, 3.63) is 70.5 Å². The van der Waals surface area contributed by atoms with Gasteiger partial charge in [0.2, 0.25) is 18.9 Å². The van der Waals surface area contributed by atoms with Crippen molar-refractivity contribution in [2.75, 3.05) is 61.5 Å². The van der Waals surface area contributed by atoms with Gasteiger partial charge < -0.3 is 132 Å². The Hall–Kier alpha value is -6.06. The lowest BCUT2D eigenvalue weighted by molar-refractivity contribution is -0.328. The Morgan fingerprint density at radius 1 is 0.424 bits per heavy atom. The molecule has 3 saturated heterocycles. The molecule has 21 atom stereocenters. The van der Waals surface area contributed by atoms with E-state index in [1.54, 1.807) is 0 Å². The Bertz CT molecular complexity index is 2540. The molecule has 0 saturated carbocycles. The largest absolute Gasteiger partial charge is 0.469 e. The molecule has 0 radical (unpaired) electrons. The Balaban J connectivity index is 1.30. The summed E-state index contributed by atoms with van der Waals surface area (Å²) in [5.41, 5.74) is -1.29. The fraction of sp³-hybridized carbons (Fsp3) is 0.654. The van der Waals surface area contributed by atoms with Crippen molar-refractivity contribution in [2.45, 2.75) is 137 Å². The summed E-state index contributed by atoms with van der Waals surface area (Å²) in [5.74, 6) is -10.3. The lowest BCUT2D eigenvalue weighted by Crippen LogP contribution is -2.60. The van der Waals surface area contributed by atoms with E-state index in [1.807, 2.05) is 0 Å². The first-order valence-corrected chi connectivity index (χ1v) is 26.2. The van der Waals surface area contributed by atoms with E-state index in [1.165, 1.54) is 13.0 Å². The standard InChI is InChI=1S/C52H70O33/c1-6-20-23(26(44(68)72-3)17-77-47(20)83-50-41(65)38(62)35(59)29(14-53)80-50)12-33(57)75-10-8-22-25(28(46(70)74-5)19-79-49(22)85-52-43(67)40(64)37(61)31(16-55)82-52)13-34(58)76-9-7-21-24(11-32(56)71-2)27(45(69)73-4)18-78-48(21)84-51-42(66)39(63)36(60)30(15-54)81-51/h6-8,17-19,23-25,29-31,35-43,47-55,59-67H,9-16H2,1-5H3/b20-6+,21-7-,22-8+/t23-,24-,25-,29+,30+,31+,35+,36+,37+,38-,39-,40-,41+,42+,43+,47-,48-,49-,50-,51-,52-/m0/s1. The number of rotatable bonds is 22. The van der Waals surface area contributed by atoms with Crippen LogP contribution in [0.1, 0.15) is 26.2 Å². The molecule has 12 N–H and O–H groups in total. The lowest BCUT2D eigenvalue weighted by atomic mass is 9.85. The molecule has 0 amide bonds. The minimum atomic E-state index is -2.04. The van der Waals surface area contributed by atoms with Gasteiger partial charge in [0.05, 0.1) is 103 Å². The van der Waals surface area contributed by atoms with Crippen molar-refractivity contribution in [1.29, 1.82) is 0 Å². The third kappa shape index (κ3) is 15.7. The van der Waals surface area contributed by atoms with Gasteiger partial charge in [-0.1, -0.05) is 6.08 Å². The zero-order valence-corrected chi connectivity index (χ0v) is 46.2. The normalized spacial score (nSPS) is 37.2. The van der Waals surface area contributed by atoms with Gasteiger partial charge in [-0.25, -0.2) is 14.4 Å². The van der Waals surface area contributed by atoms with Crippen LogP contribution in [0.3, 0.4) is 0 Å². The molecule has 0 unspecified atom stereocenters. The first kappa shape index (κ1) is 68.1. The van der Waals surface area contributed by atoms with Crippen LogP contribution in [0.5, 0.6) is 0 Å². The van der Waals surface area contributed by atoms with E-state index in [4.69, 9.17) is 71.1 Å². The van der Waals surface area contributed by atoms with Gasteiger partial charge in [0.15, 0.2) is 18.9 Å². The highest BCUT2D eigenvalue weighted by Gasteiger charge is 2.51. The molecular weight excluding hydrogens is 1150 g/mol. The van der Waals surface area contributed by atoms with Gasteiger partial charge in [-0.2, -0.15) is 0 Å². The third-order valence-electron chi connectivity index (χ3n) is 14.5. The van der Waals surface area contributed by atoms with E-state index in [2.05, 4.69) is 0 Å².